The second-order valence-corrected chi connectivity index (χ2v) is 9.95. The minimum atomic E-state index is -0.748. The van der Waals surface area contributed by atoms with Gasteiger partial charge in [-0.2, -0.15) is 4.37 Å². The van der Waals surface area contributed by atoms with Crippen molar-refractivity contribution in [3.05, 3.63) is 41.0 Å². The molecule has 1 saturated heterocycles. The van der Waals surface area contributed by atoms with Gasteiger partial charge in [0, 0.05) is 44.3 Å². The predicted octanol–water partition coefficient (Wildman–Crippen LogP) is 1.47. The normalized spacial score (nSPS) is 16.4. The number of likely N-dealkylation sites (N-methyl/N-ethyl adjacent to an activating group) is 1. The van der Waals surface area contributed by atoms with Crippen LogP contribution in [-0.4, -0.2) is 84.4 Å². The van der Waals surface area contributed by atoms with Gasteiger partial charge in [0.15, 0.2) is 0 Å². The van der Waals surface area contributed by atoms with E-state index in [2.05, 4.69) is 37.2 Å². The van der Waals surface area contributed by atoms with E-state index < -0.39 is 11.9 Å². The van der Waals surface area contributed by atoms with Crippen LogP contribution < -0.4 is 26.4 Å². The number of piperazine rings is 1. The Labute approximate surface area is 214 Å². The number of aromatic nitrogens is 1. The molecule has 1 aliphatic carbocycles. The average Bonchev–Trinajstić information content (AvgIpc) is 3.59. The summed E-state index contributed by atoms with van der Waals surface area (Å²) in [5.41, 5.74) is 6.86. The van der Waals surface area contributed by atoms with Gasteiger partial charge in [-0.15, -0.1) is 0 Å². The number of urea groups is 1. The summed E-state index contributed by atoms with van der Waals surface area (Å²) in [5.74, 6) is -0.820. The highest BCUT2D eigenvalue weighted by Crippen LogP contribution is 2.30. The molecule has 0 radical (unpaired) electrons. The highest BCUT2D eigenvalue weighted by molar-refractivity contribution is 7.11. The number of nitrogens with two attached hydrogens (primary N) is 1. The van der Waals surface area contributed by atoms with Crippen molar-refractivity contribution < 1.29 is 19.1 Å². The van der Waals surface area contributed by atoms with Crippen LogP contribution in [0, 0.1) is 0 Å². The molecule has 0 bridgehead atoms. The zero-order valence-corrected chi connectivity index (χ0v) is 21.2. The Morgan fingerprint density at radius 3 is 2.69 bits per heavy atom. The van der Waals surface area contributed by atoms with E-state index in [1.165, 1.54) is 0 Å². The molecule has 5 N–H and O–H groups in total. The lowest BCUT2D eigenvalue weighted by Gasteiger charge is -2.32. The van der Waals surface area contributed by atoms with E-state index in [4.69, 9.17) is 10.5 Å². The third-order valence-corrected chi connectivity index (χ3v) is 6.89. The number of nitrogens with zero attached hydrogens (tertiary/aromatic N) is 3. The summed E-state index contributed by atoms with van der Waals surface area (Å²) in [7, 11) is 2.12. The molecule has 2 heterocycles. The Balaban J connectivity index is 1.26. The molecule has 1 aromatic heterocycles. The maximum atomic E-state index is 12.4. The van der Waals surface area contributed by atoms with E-state index >= 15 is 0 Å². The van der Waals surface area contributed by atoms with Gasteiger partial charge < -0.3 is 30.9 Å². The van der Waals surface area contributed by atoms with Crippen LogP contribution in [0.15, 0.2) is 24.3 Å². The van der Waals surface area contributed by atoms with Gasteiger partial charge >= 0.3 is 6.03 Å². The summed E-state index contributed by atoms with van der Waals surface area (Å²) in [5, 5.41) is 8.64. The van der Waals surface area contributed by atoms with E-state index in [1.54, 1.807) is 18.2 Å². The van der Waals surface area contributed by atoms with Crippen LogP contribution in [0.1, 0.15) is 45.5 Å². The highest BCUT2D eigenvalue weighted by Gasteiger charge is 2.24. The molecule has 2 aromatic rings. The summed E-state index contributed by atoms with van der Waals surface area (Å²) in [6.45, 7) is 5.70. The van der Waals surface area contributed by atoms with E-state index in [0.29, 0.717) is 12.1 Å². The molecule has 36 heavy (non-hydrogen) atoms. The lowest BCUT2D eigenvalue weighted by Crippen LogP contribution is -2.45. The Bertz CT molecular complexity index is 1080. The van der Waals surface area contributed by atoms with Gasteiger partial charge in [0.2, 0.25) is 5.88 Å². The second-order valence-electron chi connectivity index (χ2n) is 9.17. The number of benzene rings is 1. The second kappa shape index (κ2) is 12.2. The van der Waals surface area contributed by atoms with Crippen LogP contribution in [0.3, 0.4) is 0 Å². The van der Waals surface area contributed by atoms with Crippen LogP contribution in [0.2, 0.25) is 0 Å². The summed E-state index contributed by atoms with van der Waals surface area (Å²) in [6, 6.07) is 6.91. The van der Waals surface area contributed by atoms with Crippen molar-refractivity contribution in [2.75, 3.05) is 51.6 Å². The first-order valence-corrected chi connectivity index (χ1v) is 12.9. The van der Waals surface area contributed by atoms with E-state index in [9.17, 15) is 14.4 Å². The van der Waals surface area contributed by atoms with Gasteiger partial charge in [-0.1, -0.05) is 12.1 Å². The van der Waals surface area contributed by atoms with Gasteiger partial charge in [0.05, 0.1) is 0 Å². The van der Waals surface area contributed by atoms with Crippen molar-refractivity contribution in [1.82, 2.24) is 24.8 Å². The molecule has 1 saturated carbocycles. The number of rotatable bonds is 11. The largest absolute Gasteiger partial charge is 0.472 e. The van der Waals surface area contributed by atoms with Crippen molar-refractivity contribution in [1.29, 1.82) is 0 Å². The van der Waals surface area contributed by atoms with Crippen molar-refractivity contribution >= 4 is 34.4 Å². The first-order chi connectivity index (χ1) is 17.4. The Kier molecular flexibility index (Phi) is 8.73. The molecule has 2 aliphatic rings. The number of amides is 4. The summed E-state index contributed by atoms with van der Waals surface area (Å²) in [4.78, 5) is 41.4. The number of nitrogens with one attached hydrogen (secondary N) is 3. The molecule has 2 fully saturated rings. The number of hydrogen-bond acceptors (Lipinski definition) is 8. The molecule has 4 rings (SSSR count). The Morgan fingerprint density at radius 2 is 1.97 bits per heavy atom. The number of ether oxygens (including phenoxy) is 1. The fraction of sp³-hybridized carbons (Fsp3) is 0.500. The molecule has 1 aromatic carbocycles. The first kappa shape index (κ1) is 25.9. The zero-order chi connectivity index (χ0) is 25.5. The number of hydrogen-bond donors (Lipinski definition) is 4. The monoisotopic (exact) mass is 515 g/mol. The van der Waals surface area contributed by atoms with Crippen molar-refractivity contribution in [3.8, 4) is 5.88 Å². The van der Waals surface area contributed by atoms with Crippen LogP contribution >= 0.6 is 11.5 Å². The van der Waals surface area contributed by atoms with Crippen LogP contribution in [-0.2, 0) is 6.61 Å². The maximum absolute atomic E-state index is 12.4. The molecule has 4 amide bonds. The molecule has 11 nitrogen and oxygen atoms in total. The Morgan fingerprint density at radius 1 is 1.19 bits per heavy atom. The third-order valence-electron chi connectivity index (χ3n) is 6.14. The fourth-order valence-corrected chi connectivity index (χ4v) is 4.59. The SMILES string of the molecule is CN1CCN(CCCNC(=O)Nc2snc(OCc3cccc(C(=O)NC4CC4)c3)c2C(N)=O)CC1. The van der Waals surface area contributed by atoms with E-state index in [1.807, 2.05) is 6.07 Å². The van der Waals surface area contributed by atoms with Crippen molar-refractivity contribution in [2.45, 2.75) is 31.9 Å². The minimum absolute atomic E-state index is 0.0233. The number of anilines is 1. The highest BCUT2D eigenvalue weighted by atomic mass is 32.1. The molecule has 12 heteroatoms. The smallest absolute Gasteiger partial charge is 0.319 e. The molecule has 1 aliphatic heterocycles. The molecule has 0 unspecified atom stereocenters. The summed E-state index contributed by atoms with van der Waals surface area (Å²) < 4.78 is 9.89. The molecule has 194 valence electrons. The van der Waals surface area contributed by atoms with Crippen LogP contribution in [0.4, 0.5) is 9.80 Å². The number of primary amides is 1. The van der Waals surface area contributed by atoms with Gasteiger partial charge in [0.25, 0.3) is 11.8 Å². The first-order valence-electron chi connectivity index (χ1n) is 12.2. The minimum Gasteiger partial charge on any atom is -0.472 e. The van der Waals surface area contributed by atoms with Gasteiger partial charge in [-0.3, -0.25) is 14.9 Å². The van der Waals surface area contributed by atoms with Crippen LogP contribution in [0.25, 0.3) is 0 Å². The molecule has 0 atom stereocenters. The number of carbonyl (C=O) groups is 3. The molecular formula is C24H33N7O4S. The van der Waals surface area contributed by atoms with Crippen molar-refractivity contribution in [2.24, 2.45) is 5.73 Å². The quantitative estimate of drug-likeness (QED) is 0.332. The molecular weight excluding hydrogens is 482 g/mol. The van der Waals surface area contributed by atoms with Crippen molar-refractivity contribution in [3.63, 3.8) is 0 Å². The summed E-state index contributed by atoms with van der Waals surface area (Å²) >= 11 is 0.927. The van der Waals surface area contributed by atoms with Gasteiger partial charge in [-0.05, 0) is 62.1 Å². The topological polar surface area (TPSA) is 142 Å². The van der Waals surface area contributed by atoms with E-state index in [-0.39, 0.29) is 35.0 Å². The molecule has 0 spiro atoms. The van der Waals surface area contributed by atoms with Gasteiger partial charge in [-0.25, -0.2) is 4.79 Å². The standard InChI is InChI=1S/C24H33N7O4S/c1-30-10-12-31(13-11-30)9-3-8-26-24(34)28-23-19(20(25)32)22(29-36-23)35-15-16-4-2-5-17(14-16)21(33)27-18-6-7-18/h2,4-5,14,18H,3,6-13,15H2,1H3,(H2,25,32)(H,27,33)(H2,26,28,34). The zero-order valence-electron chi connectivity index (χ0n) is 20.4. The lowest BCUT2D eigenvalue weighted by molar-refractivity contribution is 0.0949. The lowest BCUT2D eigenvalue weighted by atomic mass is 10.1. The fourth-order valence-electron chi connectivity index (χ4n) is 3.85. The third kappa shape index (κ3) is 7.39. The van der Waals surface area contributed by atoms with Gasteiger partial charge in [0.1, 0.15) is 17.2 Å². The van der Waals surface area contributed by atoms with Crippen LogP contribution in [0.5, 0.6) is 5.88 Å². The number of carbonyl (C=O) groups excluding carboxylic acids is 3. The predicted molar refractivity (Wildman–Crippen MR) is 137 cm³/mol. The summed E-state index contributed by atoms with van der Waals surface area (Å²) in [6.07, 6.45) is 2.85. The maximum Gasteiger partial charge on any atom is 0.319 e. The Hall–Kier alpha value is -3.22. The van der Waals surface area contributed by atoms with E-state index in [0.717, 1.165) is 69.1 Å². The average molecular weight is 516 g/mol.